The second kappa shape index (κ2) is 7.62. The van der Waals surface area contributed by atoms with Crippen molar-refractivity contribution in [3.05, 3.63) is 41.2 Å². The molecule has 1 N–H and O–H groups in total. The average Bonchev–Trinajstić information content (AvgIpc) is 3.00. The second-order valence-corrected chi connectivity index (χ2v) is 6.04. The lowest BCUT2D eigenvalue weighted by atomic mass is 10.2. The van der Waals surface area contributed by atoms with Gasteiger partial charge in [-0.15, -0.1) is 11.3 Å². The Bertz CT molecular complexity index is 590. The molecule has 0 aliphatic carbocycles. The molecule has 0 atom stereocenters. The van der Waals surface area contributed by atoms with E-state index in [1.807, 2.05) is 11.4 Å². The van der Waals surface area contributed by atoms with Crippen LogP contribution in [-0.4, -0.2) is 28.2 Å². The summed E-state index contributed by atoms with van der Waals surface area (Å²) in [6.07, 6.45) is 4.05. The Hall–Kier alpha value is -1.91. The van der Waals surface area contributed by atoms with Crippen LogP contribution < -0.4 is 5.32 Å². The number of nitrogens with one attached hydrogen (secondary N) is 1. The molecular formula is C13H12N4OS2. The molecular weight excluding hydrogens is 292 g/mol. The molecule has 0 radical (unpaired) electrons. The molecule has 0 aliphatic rings. The fourth-order valence-electron chi connectivity index (χ4n) is 1.40. The number of nitriles is 1. The molecule has 2 rings (SSSR count). The second-order valence-electron chi connectivity index (χ2n) is 3.80. The monoisotopic (exact) mass is 304 g/mol. The summed E-state index contributed by atoms with van der Waals surface area (Å²) in [5.74, 6) is 0.697. The van der Waals surface area contributed by atoms with Crippen molar-refractivity contribution in [2.75, 3.05) is 12.3 Å². The molecule has 1 amide bonds. The summed E-state index contributed by atoms with van der Waals surface area (Å²) in [5.41, 5.74) is 0.776. The lowest BCUT2D eigenvalue weighted by molar-refractivity contribution is 0.0949. The van der Waals surface area contributed by atoms with Gasteiger partial charge in [0.15, 0.2) is 0 Å². The molecule has 5 nitrogen and oxygen atoms in total. The number of thioether (sulfide) groups is 1. The van der Waals surface area contributed by atoms with Crippen molar-refractivity contribution in [1.82, 2.24) is 15.3 Å². The van der Waals surface area contributed by atoms with E-state index in [1.54, 1.807) is 41.4 Å². The normalized spacial score (nSPS) is 9.95. The molecule has 0 aromatic carbocycles. The van der Waals surface area contributed by atoms with Gasteiger partial charge in [0.1, 0.15) is 16.1 Å². The molecule has 0 bridgehead atoms. The smallest absolute Gasteiger partial charge is 0.269 e. The van der Waals surface area contributed by atoms with Gasteiger partial charge in [-0.3, -0.25) is 4.79 Å². The van der Waals surface area contributed by atoms with Crippen molar-refractivity contribution in [3.63, 3.8) is 0 Å². The van der Waals surface area contributed by atoms with Crippen molar-refractivity contribution < 1.29 is 4.79 Å². The molecule has 20 heavy (non-hydrogen) atoms. The number of rotatable bonds is 6. The third-order valence-electron chi connectivity index (χ3n) is 2.37. The van der Waals surface area contributed by atoms with Crippen LogP contribution in [0.1, 0.15) is 22.5 Å². The minimum absolute atomic E-state index is 0.214. The van der Waals surface area contributed by atoms with E-state index in [2.05, 4.69) is 15.3 Å². The zero-order valence-electron chi connectivity index (χ0n) is 10.6. The number of carbonyl (C=O) groups is 1. The standard InChI is InChI=1S/C13H12N4OS2/c14-8-10-2-3-11(17-9-10)12(18)15-4-1-6-19-13-16-5-7-20-13/h2-3,5,7,9H,1,4,6H2,(H,15,18). The molecule has 0 saturated carbocycles. The Balaban J connectivity index is 1.68. The third kappa shape index (κ3) is 4.33. The zero-order valence-corrected chi connectivity index (χ0v) is 12.2. The van der Waals surface area contributed by atoms with E-state index in [1.165, 1.54) is 6.20 Å². The molecule has 7 heteroatoms. The molecule has 2 aromatic rings. The maximum absolute atomic E-state index is 11.8. The number of aromatic nitrogens is 2. The van der Waals surface area contributed by atoms with Crippen LogP contribution >= 0.6 is 23.1 Å². The topological polar surface area (TPSA) is 78.7 Å². The molecule has 2 aromatic heterocycles. The number of hydrogen-bond donors (Lipinski definition) is 1. The number of nitrogens with zero attached hydrogens (tertiary/aromatic N) is 3. The first kappa shape index (κ1) is 14.5. The summed E-state index contributed by atoms with van der Waals surface area (Å²) < 4.78 is 1.05. The van der Waals surface area contributed by atoms with Gasteiger partial charge >= 0.3 is 0 Å². The van der Waals surface area contributed by atoms with Gasteiger partial charge in [-0.2, -0.15) is 5.26 Å². The fourth-order valence-corrected chi connectivity index (χ4v) is 3.05. The van der Waals surface area contributed by atoms with Gasteiger partial charge in [-0.25, -0.2) is 9.97 Å². The first-order valence-corrected chi connectivity index (χ1v) is 7.83. The van der Waals surface area contributed by atoms with Crippen LogP contribution in [0.25, 0.3) is 0 Å². The van der Waals surface area contributed by atoms with Crippen LogP contribution in [0.4, 0.5) is 0 Å². The number of hydrogen-bond acceptors (Lipinski definition) is 6. The molecule has 0 fully saturated rings. The lowest BCUT2D eigenvalue weighted by Gasteiger charge is -2.03. The Morgan fingerprint density at radius 1 is 1.45 bits per heavy atom. The van der Waals surface area contributed by atoms with Gasteiger partial charge in [-0.1, -0.05) is 11.8 Å². The lowest BCUT2D eigenvalue weighted by Crippen LogP contribution is -2.25. The van der Waals surface area contributed by atoms with Crippen molar-refractivity contribution in [2.24, 2.45) is 0 Å². The average molecular weight is 304 g/mol. The van der Waals surface area contributed by atoms with Gasteiger partial charge in [0.05, 0.1) is 5.56 Å². The van der Waals surface area contributed by atoms with E-state index in [0.29, 0.717) is 17.8 Å². The highest BCUT2D eigenvalue weighted by Crippen LogP contribution is 2.20. The maximum atomic E-state index is 11.8. The van der Waals surface area contributed by atoms with Crippen LogP contribution in [0.5, 0.6) is 0 Å². The summed E-state index contributed by atoms with van der Waals surface area (Å²) in [6, 6.07) is 5.10. The summed E-state index contributed by atoms with van der Waals surface area (Å²) >= 11 is 3.30. The Kier molecular flexibility index (Phi) is 5.53. The highest BCUT2D eigenvalue weighted by molar-refractivity contribution is 8.00. The number of amides is 1. The predicted molar refractivity (Wildman–Crippen MR) is 78.7 cm³/mol. The van der Waals surface area contributed by atoms with Crippen LogP contribution in [0.3, 0.4) is 0 Å². The Labute approximate surface area is 125 Å². The van der Waals surface area contributed by atoms with E-state index < -0.39 is 0 Å². The van der Waals surface area contributed by atoms with Gasteiger partial charge in [-0.05, 0) is 18.6 Å². The molecule has 0 spiro atoms. The van der Waals surface area contributed by atoms with Crippen molar-refractivity contribution in [1.29, 1.82) is 5.26 Å². The van der Waals surface area contributed by atoms with E-state index in [-0.39, 0.29) is 5.91 Å². The summed E-state index contributed by atoms with van der Waals surface area (Å²) in [6.45, 7) is 0.596. The Morgan fingerprint density at radius 2 is 2.35 bits per heavy atom. The zero-order chi connectivity index (χ0) is 14.2. The first-order chi connectivity index (χ1) is 9.79. The third-order valence-corrected chi connectivity index (χ3v) is 4.42. The van der Waals surface area contributed by atoms with Gasteiger partial charge < -0.3 is 5.32 Å². The van der Waals surface area contributed by atoms with Crippen molar-refractivity contribution >= 4 is 29.0 Å². The maximum Gasteiger partial charge on any atom is 0.269 e. The quantitative estimate of drug-likeness (QED) is 0.654. The van der Waals surface area contributed by atoms with Crippen LogP contribution in [0, 0.1) is 11.3 Å². The fraction of sp³-hybridized carbons (Fsp3) is 0.231. The minimum atomic E-state index is -0.214. The van der Waals surface area contributed by atoms with Crippen LogP contribution in [-0.2, 0) is 0 Å². The first-order valence-electron chi connectivity index (χ1n) is 5.96. The van der Waals surface area contributed by atoms with Crippen LogP contribution in [0.2, 0.25) is 0 Å². The number of thiazole rings is 1. The Morgan fingerprint density at radius 3 is 3.00 bits per heavy atom. The minimum Gasteiger partial charge on any atom is -0.351 e. The molecule has 102 valence electrons. The molecule has 0 saturated heterocycles. The molecule has 0 aliphatic heterocycles. The SMILES string of the molecule is N#Cc1ccc(C(=O)NCCCSc2nccs2)nc1. The van der Waals surface area contributed by atoms with Crippen molar-refractivity contribution in [2.45, 2.75) is 10.8 Å². The largest absolute Gasteiger partial charge is 0.351 e. The number of pyridine rings is 1. The van der Waals surface area contributed by atoms with Gasteiger partial charge in [0.25, 0.3) is 5.91 Å². The van der Waals surface area contributed by atoms with E-state index in [9.17, 15) is 4.79 Å². The molecule has 0 unspecified atom stereocenters. The molecule has 2 heterocycles. The highest BCUT2D eigenvalue weighted by atomic mass is 32.2. The summed E-state index contributed by atoms with van der Waals surface area (Å²) in [5, 5.41) is 13.4. The van der Waals surface area contributed by atoms with Gasteiger partial charge in [0.2, 0.25) is 0 Å². The number of carbonyl (C=O) groups excluding carboxylic acids is 1. The van der Waals surface area contributed by atoms with E-state index >= 15 is 0 Å². The highest BCUT2D eigenvalue weighted by Gasteiger charge is 2.06. The van der Waals surface area contributed by atoms with E-state index in [0.717, 1.165) is 16.5 Å². The van der Waals surface area contributed by atoms with Crippen molar-refractivity contribution in [3.8, 4) is 6.07 Å². The van der Waals surface area contributed by atoms with Gasteiger partial charge in [0, 0.05) is 30.1 Å². The predicted octanol–water partition coefficient (Wildman–Crippen LogP) is 2.32. The summed E-state index contributed by atoms with van der Waals surface area (Å²) in [4.78, 5) is 19.9. The summed E-state index contributed by atoms with van der Waals surface area (Å²) in [7, 11) is 0. The van der Waals surface area contributed by atoms with Crippen LogP contribution in [0.15, 0.2) is 34.2 Å². The van der Waals surface area contributed by atoms with E-state index in [4.69, 9.17) is 5.26 Å².